The molecule has 2 aromatic rings. The third-order valence-electron chi connectivity index (χ3n) is 7.16. The van der Waals surface area contributed by atoms with Crippen molar-refractivity contribution in [2.45, 2.75) is 44.1 Å². The molecule has 3 aliphatic heterocycles. The van der Waals surface area contributed by atoms with Crippen LogP contribution >= 0.6 is 0 Å². The monoisotopic (exact) mass is 450 g/mol. The standard InChI is InChI=1S/C26H34N4O3/c31-25-30(23-9-13-27-14-10-23)21-26(33-25)11-18-29(19-12-26)22-5-7-24(8-6-22)32-20-4-17-28-15-2-1-3-16-28/h5-10,13-14H,1-4,11-12,15-21H2. The number of nitrogens with zero attached hydrogens (tertiary/aromatic N) is 4. The molecular formula is C26H34N4O3. The number of rotatable bonds is 7. The summed E-state index contributed by atoms with van der Waals surface area (Å²) in [7, 11) is 0. The van der Waals surface area contributed by atoms with Gasteiger partial charge in [-0.2, -0.15) is 0 Å². The van der Waals surface area contributed by atoms with E-state index in [-0.39, 0.29) is 6.09 Å². The van der Waals surface area contributed by atoms with Crippen molar-refractivity contribution in [3.63, 3.8) is 0 Å². The number of carbonyl (C=O) groups is 1. The summed E-state index contributed by atoms with van der Waals surface area (Å²) >= 11 is 0. The molecule has 1 aromatic heterocycles. The van der Waals surface area contributed by atoms with Crippen molar-refractivity contribution < 1.29 is 14.3 Å². The normalized spacial score (nSPS) is 20.8. The van der Waals surface area contributed by atoms with Gasteiger partial charge in [-0.3, -0.25) is 9.88 Å². The highest BCUT2D eigenvalue weighted by atomic mass is 16.6. The van der Waals surface area contributed by atoms with E-state index in [2.05, 4.69) is 39.0 Å². The van der Waals surface area contributed by atoms with Gasteiger partial charge in [-0.15, -0.1) is 0 Å². The summed E-state index contributed by atoms with van der Waals surface area (Å²) in [4.78, 5) is 23.2. The Morgan fingerprint density at radius 3 is 2.36 bits per heavy atom. The molecule has 176 valence electrons. The molecule has 1 aromatic carbocycles. The Kier molecular flexibility index (Phi) is 6.67. The second-order valence-electron chi connectivity index (χ2n) is 9.43. The molecule has 1 amide bonds. The number of amides is 1. The number of likely N-dealkylation sites (tertiary alicyclic amines) is 1. The van der Waals surface area contributed by atoms with Crippen LogP contribution in [0.25, 0.3) is 0 Å². The molecule has 0 saturated carbocycles. The Morgan fingerprint density at radius 2 is 1.64 bits per heavy atom. The van der Waals surface area contributed by atoms with Crippen LogP contribution in [0.1, 0.15) is 38.5 Å². The topological polar surface area (TPSA) is 58.1 Å². The highest BCUT2D eigenvalue weighted by Crippen LogP contribution is 2.37. The average Bonchev–Trinajstić information content (AvgIpc) is 3.19. The molecule has 5 rings (SSSR count). The number of carbonyl (C=O) groups excluding carboxylic acids is 1. The van der Waals surface area contributed by atoms with Gasteiger partial charge in [0, 0.05) is 50.6 Å². The maximum atomic E-state index is 12.5. The first kappa shape index (κ1) is 22.0. The van der Waals surface area contributed by atoms with Gasteiger partial charge in [0.2, 0.25) is 0 Å². The number of pyridine rings is 1. The third kappa shape index (κ3) is 5.24. The summed E-state index contributed by atoms with van der Waals surface area (Å²) < 4.78 is 11.8. The quantitative estimate of drug-likeness (QED) is 0.585. The largest absolute Gasteiger partial charge is 0.494 e. The lowest BCUT2D eigenvalue weighted by atomic mass is 9.91. The Hall–Kier alpha value is -2.80. The zero-order valence-electron chi connectivity index (χ0n) is 19.3. The van der Waals surface area contributed by atoms with E-state index in [0.29, 0.717) is 6.54 Å². The van der Waals surface area contributed by atoms with E-state index < -0.39 is 5.60 Å². The summed E-state index contributed by atoms with van der Waals surface area (Å²) in [6.45, 7) is 6.73. The van der Waals surface area contributed by atoms with E-state index in [1.54, 1.807) is 17.3 Å². The average molecular weight is 451 g/mol. The van der Waals surface area contributed by atoms with Gasteiger partial charge in [-0.25, -0.2) is 4.79 Å². The molecule has 7 nitrogen and oxygen atoms in total. The van der Waals surface area contributed by atoms with Crippen LogP contribution in [0.4, 0.5) is 16.2 Å². The third-order valence-corrected chi connectivity index (χ3v) is 7.16. The van der Waals surface area contributed by atoms with E-state index in [0.717, 1.165) is 56.9 Å². The van der Waals surface area contributed by atoms with Crippen LogP contribution < -0.4 is 14.5 Å². The molecule has 0 atom stereocenters. The predicted molar refractivity (Wildman–Crippen MR) is 129 cm³/mol. The summed E-state index contributed by atoms with van der Waals surface area (Å²) in [5.74, 6) is 0.934. The molecule has 33 heavy (non-hydrogen) atoms. The molecule has 4 heterocycles. The summed E-state index contributed by atoms with van der Waals surface area (Å²) in [6.07, 6.45) is 9.95. The first-order valence-electron chi connectivity index (χ1n) is 12.3. The molecule has 3 aliphatic rings. The van der Waals surface area contributed by atoms with Crippen LogP contribution in [0, 0.1) is 0 Å². The molecule has 0 aliphatic carbocycles. The molecule has 0 unspecified atom stereocenters. The Morgan fingerprint density at radius 1 is 0.909 bits per heavy atom. The van der Waals surface area contributed by atoms with Crippen LogP contribution in [0.15, 0.2) is 48.8 Å². The fraction of sp³-hybridized carbons (Fsp3) is 0.538. The van der Waals surface area contributed by atoms with Gasteiger partial charge >= 0.3 is 6.09 Å². The highest BCUT2D eigenvalue weighted by molar-refractivity contribution is 5.90. The molecule has 3 fully saturated rings. The molecule has 0 N–H and O–H groups in total. The minimum Gasteiger partial charge on any atom is -0.494 e. The number of benzene rings is 1. The lowest BCUT2D eigenvalue weighted by molar-refractivity contribution is 0.0367. The van der Waals surface area contributed by atoms with Crippen molar-refractivity contribution in [1.29, 1.82) is 0 Å². The molecule has 0 bridgehead atoms. The summed E-state index contributed by atoms with van der Waals surface area (Å²) in [6, 6.07) is 12.1. The van der Waals surface area contributed by atoms with E-state index in [9.17, 15) is 4.79 Å². The van der Waals surface area contributed by atoms with Gasteiger partial charge < -0.3 is 19.3 Å². The van der Waals surface area contributed by atoms with Gasteiger partial charge in [0.05, 0.1) is 18.8 Å². The molecular weight excluding hydrogens is 416 g/mol. The Balaban J connectivity index is 1.08. The van der Waals surface area contributed by atoms with Crippen LogP contribution in [0.3, 0.4) is 0 Å². The zero-order valence-corrected chi connectivity index (χ0v) is 19.3. The lowest BCUT2D eigenvalue weighted by Crippen LogP contribution is -2.47. The maximum absolute atomic E-state index is 12.5. The summed E-state index contributed by atoms with van der Waals surface area (Å²) in [5.41, 5.74) is 1.65. The number of hydrogen-bond donors (Lipinski definition) is 0. The van der Waals surface area contributed by atoms with E-state index >= 15 is 0 Å². The van der Waals surface area contributed by atoms with Crippen LogP contribution in [-0.2, 0) is 4.74 Å². The number of hydrogen-bond acceptors (Lipinski definition) is 6. The van der Waals surface area contributed by atoms with Gasteiger partial charge in [0.1, 0.15) is 11.4 Å². The second-order valence-corrected chi connectivity index (χ2v) is 9.43. The molecule has 3 saturated heterocycles. The Labute approximate surface area is 196 Å². The minimum absolute atomic E-state index is 0.253. The van der Waals surface area contributed by atoms with Crippen LogP contribution in [0.2, 0.25) is 0 Å². The fourth-order valence-electron chi connectivity index (χ4n) is 5.19. The Bertz CT molecular complexity index is 907. The molecule has 1 spiro atoms. The van der Waals surface area contributed by atoms with Crippen molar-refractivity contribution in [2.75, 3.05) is 55.7 Å². The van der Waals surface area contributed by atoms with Crippen molar-refractivity contribution in [1.82, 2.24) is 9.88 Å². The fourth-order valence-corrected chi connectivity index (χ4v) is 5.19. The first-order valence-corrected chi connectivity index (χ1v) is 12.3. The van der Waals surface area contributed by atoms with E-state index in [4.69, 9.17) is 9.47 Å². The smallest absolute Gasteiger partial charge is 0.415 e. The molecule has 0 radical (unpaired) electrons. The SMILES string of the molecule is O=C1OC2(CCN(c3ccc(OCCCN4CCCCC4)cc3)CC2)CN1c1ccncc1. The number of aromatic nitrogens is 1. The van der Waals surface area contributed by atoms with E-state index in [1.807, 2.05) is 12.1 Å². The summed E-state index contributed by atoms with van der Waals surface area (Å²) in [5, 5.41) is 0. The van der Waals surface area contributed by atoms with Crippen molar-refractivity contribution in [3.05, 3.63) is 48.8 Å². The predicted octanol–water partition coefficient (Wildman–Crippen LogP) is 4.33. The minimum atomic E-state index is -0.395. The zero-order chi connectivity index (χ0) is 22.5. The van der Waals surface area contributed by atoms with Crippen molar-refractivity contribution in [2.24, 2.45) is 0 Å². The van der Waals surface area contributed by atoms with E-state index in [1.165, 1.54) is 38.0 Å². The number of piperidine rings is 2. The van der Waals surface area contributed by atoms with Crippen molar-refractivity contribution in [3.8, 4) is 5.75 Å². The van der Waals surface area contributed by atoms with Crippen molar-refractivity contribution >= 4 is 17.5 Å². The number of anilines is 2. The molecule has 7 heteroatoms. The van der Waals surface area contributed by atoms with Crippen LogP contribution in [0.5, 0.6) is 5.75 Å². The lowest BCUT2D eigenvalue weighted by Gasteiger charge is -2.38. The van der Waals surface area contributed by atoms with Gasteiger partial charge in [-0.1, -0.05) is 6.42 Å². The number of ether oxygens (including phenoxy) is 2. The van der Waals surface area contributed by atoms with Crippen LogP contribution in [-0.4, -0.2) is 67.5 Å². The van der Waals surface area contributed by atoms with Gasteiger partial charge in [0.25, 0.3) is 0 Å². The maximum Gasteiger partial charge on any atom is 0.415 e. The van der Waals surface area contributed by atoms with Gasteiger partial charge in [0.15, 0.2) is 0 Å². The van der Waals surface area contributed by atoms with Gasteiger partial charge in [-0.05, 0) is 68.8 Å². The first-order chi connectivity index (χ1) is 16.2. The highest BCUT2D eigenvalue weighted by Gasteiger charge is 2.47. The second kappa shape index (κ2) is 10.00.